The van der Waals surface area contributed by atoms with Crippen LogP contribution >= 0.6 is 0 Å². The largest absolute Gasteiger partial charge is 0.382 e. The molecule has 1 nitrogen and oxygen atoms in total. The van der Waals surface area contributed by atoms with Crippen LogP contribution in [0.5, 0.6) is 0 Å². The lowest BCUT2D eigenvalue weighted by atomic mass is 9.80. The van der Waals surface area contributed by atoms with Gasteiger partial charge in [-0.15, -0.1) is 6.58 Å². The lowest BCUT2D eigenvalue weighted by Crippen LogP contribution is -2.09. The van der Waals surface area contributed by atoms with Crippen LogP contribution < -0.4 is 5.32 Å². The second kappa shape index (κ2) is 4.32. The molecule has 1 saturated carbocycles. The Morgan fingerprint density at radius 2 is 2.29 bits per heavy atom. The van der Waals surface area contributed by atoms with Gasteiger partial charge in [0, 0.05) is 12.2 Å². The Balaban J connectivity index is 2.05. The molecule has 0 heterocycles. The summed E-state index contributed by atoms with van der Waals surface area (Å²) < 4.78 is 0. The number of rotatable bonds is 4. The van der Waals surface area contributed by atoms with Gasteiger partial charge in [-0.3, -0.25) is 0 Å². The zero-order chi connectivity index (χ0) is 9.80. The summed E-state index contributed by atoms with van der Waals surface area (Å²) in [5.74, 6) is 0.820. The first-order valence-electron chi connectivity index (χ1n) is 5.35. The van der Waals surface area contributed by atoms with Crippen molar-refractivity contribution in [3.05, 3.63) is 42.5 Å². The van der Waals surface area contributed by atoms with Gasteiger partial charge in [0.25, 0.3) is 0 Å². The van der Waals surface area contributed by atoms with Crippen LogP contribution in [0.3, 0.4) is 0 Å². The molecule has 0 bridgehead atoms. The molecular formula is C13H17N. The second-order valence-electron chi connectivity index (χ2n) is 3.92. The fourth-order valence-electron chi connectivity index (χ4n) is 1.83. The number of anilines is 1. The molecule has 0 amide bonds. The molecular weight excluding hydrogens is 170 g/mol. The molecule has 0 aromatic heterocycles. The molecule has 0 aliphatic heterocycles. The Kier molecular flexibility index (Phi) is 2.87. The number of hydrogen-bond acceptors (Lipinski definition) is 1. The monoisotopic (exact) mass is 187 g/mol. The molecule has 0 radical (unpaired) electrons. The maximum atomic E-state index is 3.70. The average molecular weight is 187 g/mol. The van der Waals surface area contributed by atoms with Crippen molar-refractivity contribution in [1.29, 1.82) is 0 Å². The van der Waals surface area contributed by atoms with Gasteiger partial charge in [-0.2, -0.15) is 0 Å². The molecule has 14 heavy (non-hydrogen) atoms. The zero-order valence-electron chi connectivity index (χ0n) is 8.50. The topological polar surface area (TPSA) is 12.0 Å². The normalized spacial score (nSPS) is 16.0. The summed E-state index contributed by atoms with van der Waals surface area (Å²) in [7, 11) is 0. The molecule has 0 spiro atoms. The van der Waals surface area contributed by atoms with Gasteiger partial charge < -0.3 is 5.32 Å². The zero-order valence-corrected chi connectivity index (χ0v) is 8.50. The first-order valence-corrected chi connectivity index (χ1v) is 5.35. The fraction of sp³-hybridized carbons (Fsp3) is 0.385. The van der Waals surface area contributed by atoms with E-state index >= 15 is 0 Å². The van der Waals surface area contributed by atoms with E-state index in [2.05, 4.69) is 36.2 Å². The first-order chi connectivity index (χ1) is 6.90. The average Bonchev–Trinajstić information content (AvgIpc) is 2.13. The molecule has 1 fully saturated rings. The molecule has 1 aromatic rings. The highest BCUT2D eigenvalue weighted by Crippen LogP contribution is 2.36. The lowest BCUT2D eigenvalue weighted by molar-refractivity contribution is 0.420. The van der Waals surface area contributed by atoms with Crippen LogP contribution in [0, 0.1) is 0 Å². The quantitative estimate of drug-likeness (QED) is 0.711. The molecule has 74 valence electrons. The second-order valence-corrected chi connectivity index (χ2v) is 3.92. The minimum atomic E-state index is 0.820. The van der Waals surface area contributed by atoms with Crippen molar-refractivity contribution in [1.82, 2.24) is 0 Å². The van der Waals surface area contributed by atoms with E-state index < -0.39 is 0 Å². The van der Waals surface area contributed by atoms with E-state index in [1.807, 2.05) is 6.08 Å². The van der Waals surface area contributed by atoms with Gasteiger partial charge in [-0.05, 0) is 36.5 Å². The van der Waals surface area contributed by atoms with Crippen molar-refractivity contribution >= 4 is 5.69 Å². The van der Waals surface area contributed by atoms with E-state index in [1.165, 1.54) is 30.5 Å². The summed E-state index contributed by atoms with van der Waals surface area (Å²) >= 11 is 0. The number of nitrogens with one attached hydrogen (secondary N) is 1. The predicted octanol–water partition coefficient (Wildman–Crippen LogP) is 3.55. The minimum Gasteiger partial charge on any atom is -0.382 e. The van der Waals surface area contributed by atoms with E-state index in [1.54, 1.807) is 0 Å². The highest BCUT2D eigenvalue weighted by Gasteiger charge is 2.19. The van der Waals surface area contributed by atoms with Gasteiger partial charge in [0.05, 0.1) is 0 Å². The molecule has 0 atom stereocenters. The van der Waals surface area contributed by atoms with Gasteiger partial charge in [-0.1, -0.05) is 24.6 Å². The van der Waals surface area contributed by atoms with Crippen LogP contribution in [-0.2, 0) is 0 Å². The van der Waals surface area contributed by atoms with Crippen molar-refractivity contribution in [2.75, 3.05) is 11.9 Å². The molecule has 1 aromatic carbocycles. The van der Waals surface area contributed by atoms with Crippen LogP contribution in [0.4, 0.5) is 5.69 Å². The maximum Gasteiger partial charge on any atom is 0.0345 e. The van der Waals surface area contributed by atoms with E-state index in [-0.39, 0.29) is 0 Å². The van der Waals surface area contributed by atoms with Crippen LogP contribution in [0.15, 0.2) is 36.9 Å². The van der Waals surface area contributed by atoms with Gasteiger partial charge in [0.1, 0.15) is 0 Å². The van der Waals surface area contributed by atoms with Gasteiger partial charge in [-0.25, -0.2) is 0 Å². The predicted molar refractivity (Wildman–Crippen MR) is 61.7 cm³/mol. The third-order valence-corrected chi connectivity index (χ3v) is 2.91. The van der Waals surface area contributed by atoms with Crippen LogP contribution in [0.2, 0.25) is 0 Å². The molecule has 0 unspecified atom stereocenters. The minimum absolute atomic E-state index is 0.820. The van der Waals surface area contributed by atoms with Crippen molar-refractivity contribution in [3.63, 3.8) is 0 Å². The van der Waals surface area contributed by atoms with Crippen molar-refractivity contribution in [2.45, 2.75) is 25.2 Å². The van der Waals surface area contributed by atoms with Crippen LogP contribution in [0.1, 0.15) is 30.7 Å². The van der Waals surface area contributed by atoms with E-state index in [4.69, 9.17) is 0 Å². The molecule has 1 aliphatic rings. The van der Waals surface area contributed by atoms with Gasteiger partial charge in [0.2, 0.25) is 0 Å². The summed E-state index contributed by atoms with van der Waals surface area (Å²) in [6.45, 7) is 4.54. The molecule has 0 saturated heterocycles. The van der Waals surface area contributed by atoms with Crippen molar-refractivity contribution in [3.8, 4) is 0 Å². The summed E-state index contributed by atoms with van der Waals surface area (Å²) in [5.41, 5.74) is 2.71. The maximum absolute atomic E-state index is 3.70. The SMILES string of the molecule is C=CCNc1cccc(C2CCC2)c1. The number of hydrogen-bond donors (Lipinski definition) is 1. The van der Waals surface area contributed by atoms with E-state index in [0.29, 0.717) is 0 Å². The highest BCUT2D eigenvalue weighted by molar-refractivity contribution is 5.47. The standard InChI is InChI=1S/C13H17N/c1-2-9-14-13-8-4-7-12(10-13)11-5-3-6-11/h2,4,7-8,10-11,14H,1,3,5-6,9H2. The summed E-state index contributed by atoms with van der Waals surface area (Å²) in [4.78, 5) is 0. The summed E-state index contributed by atoms with van der Waals surface area (Å²) in [6, 6.07) is 8.76. The number of benzene rings is 1. The van der Waals surface area contributed by atoms with Crippen molar-refractivity contribution < 1.29 is 0 Å². The van der Waals surface area contributed by atoms with Gasteiger partial charge >= 0.3 is 0 Å². The molecule has 2 rings (SSSR count). The molecule has 1 aliphatic carbocycles. The van der Waals surface area contributed by atoms with E-state index in [0.717, 1.165) is 12.5 Å². The Hall–Kier alpha value is -1.24. The third kappa shape index (κ3) is 1.98. The smallest absolute Gasteiger partial charge is 0.0345 e. The fourth-order valence-corrected chi connectivity index (χ4v) is 1.83. The van der Waals surface area contributed by atoms with Crippen molar-refractivity contribution in [2.24, 2.45) is 0 Å². The Bertz CT molecular complexity index is 313. The molecule has 1 N–H and O–H groups in total. The van der Waals surface area contributed by atoms with Gasteiger partial charge in [0.15, 0.2) is 0 Å². The van der Waals surface area contributed by atoms with Crippen LogP contribution in [0.25, 0.3) is 0 Å². The van der Waals surface area contributed by atoms with Crippen LogP contribution in [-0.4, -0.2) is 6.54 Å². The summed E-state index contributed by atoms with van der Waals surface area (Å²) in [5, 5.41) is 3.32. The first kappa shape index (κ1) is 9.32. The Labute approximate surface area is 85.8 Å². The lowest BCUT2D eigenvalue weighted by Gasteiger charge is -2.26. The highest BCUT2D eigenvalue weighted by atomic mass is 14.8. The summed E-state index contributed by atoms with van der Waals surface area (Å²) in [6.07, 6.45) is 6.01. The molecule has 1 heteroatoms. The Morgan fingerprint density at radius 3 is 2.93 bits per heavy atom. The Morgan fingerprint density at radius 1 is 1.43 bits per heavy atom. The van der Waals surface area contributed by atoms with E-state index in [9.17, 15) is 0 Å². The third-order valence-electron chi connectivity index (χ3n) is 2.91.